The van der Waals surface area contributed by atoms with Crippen LogP contribution in [0.15, 0.2) is 53.9 Å². The first kappa shape index (κ1) is 13.8. The number of amides is 1. The van der Waals surface area contributed by atoms with Crippen LogP contribution in [-0.2, 0) is 13.1 Å². The maximum Gasteiger partial charge on any atom is 0.253 e. The van der Waals surface area contributed by atoms with Crippen LogP contribution in [0, 0.1) is 0 Å². The van der Waals surface area contributed by atoms with Gasteiger partial charge in [0.05, 0.1) is 5.56 Å². The first-order valence-electron chi connectivity index (χ1n) is 6.80. The number of rotatable bonds is 4. The Morgan fingerprint density at radius 2 is 1.76 bits per heavy atom. The van der Waals surface area contributed by atoms with Gasteiger partial charge in [0.2, 0.25) is 0 Å². The van der Waals surface area contributed by atoms with E-state index in [0.717, 1.165) is 26.8 Å². The van der Waals surface area contributed by atoms with E-state index in [0.29, 0.717) is 13.1 Å². The summed E-state index contributed by atoms with van der Waals surface area (Å²) in [4.78, 5) is 12.3. The highest BCUT2D eigenvalue weighted by Crippen LogP contribution is 2.25. The van der Waals surface area contributed by atoms with E-state index in [1.54, 1.807) is 11.3 Å². The van der Waals surface area contributed by atoms with E-state index >= 15 is 0 Å². The van der Waals surface area contributed by atoms with E-state index in [1.165, 1.54) is 0 Å². The lowest BCUT2D eigenvalue weighted by Gasteiger charge is -2.05. The fourth-order valence-corrected chi connectivity index (χ4v) is 3.17. The van der Waals surface area contributed by atoms with Crippen molar-refractivity contribution >= 4 is 27.3 Å². The summed E-state index contributed by atoms with van der Waals surface area (Å²) in [6.45, 7) is 1.06. The molecule has 0 bridgehead atoms. The minimum atomic E-state index is -0.0321. The molecule has 0 saturated heterocycles. The Morgan fingerprint density at radius 3 is 2.52 bits per heavy atom. The van der Waals surface area contributed by atoms with Crippen LogP contribution < -0.4 is 11.1 Å². The van der Waals surface area contributed by atoms with Crippen LogP contribution in [0.2, 0.25) is 0 Å². The fraction of sp³-hybridized carbons (Fsp3) is 0.118. The first-order valence-corrected chi connectivity index (χ1v) is 7.68. The van der Waals surface area contributed by atoms with E-state index in [9.17, 15) is 4.79 Å². The molecule has 0 spiro atoms. The number of carbonyl (C=O) groups is 1. The standard InChI is InChI=1S/C17H16N2OS/c18-9-12-5-7-13(8-6-12)10-19-17(20)15-11-21-16-4-2-1-3-14(15)16/h1-8,11H,9-10,18H2,(H,19,20). The van der Waals surface area contributed by atoms with Gasteiger partial charge in [0.25, 0.3) is 5.91 Å². The molecule has 1 heterocycles. The summed E-state index contributed by atoms with van der Waals surface area (Å²) in [5.74, 6) is -0.0321. The maximum atomic E-state index is 12.3. The van der Waals surface area contributed by atoms with E-state index in [-0.39, 0.29) is 5.91 Å². The molecular weight excluding hydrogens is 280 g/mol. The van der Waals surface area contributed by atoms with Crippen LogP contribution >= 0.6 is 11.3 Å². The van der Waals surface area contributed by atoms with Crippen molar-refractivity contribution in [2.45, 2.75) is 13.1 Å². The number of hydrogen-bond acceptors (Lipinski definition) is 3. The van der Waals surface area contributed by atoms with Crippen LogP contribution in [0.4, 0.5) is 0 Å². The highest BCUT2D eigenvalue weighted by molar-refractivity contribution is 7.17. The Hall–Kier alpha value is -2.17. The first-order chi connectivity index (χ1) is 10.3. The molecule has 0 aliphatic rings. The van der Waals surface area contributed by atoms with Gasteiger partial charge in [0.15, 0.2) is 0 Å². The van der Waals surface area contributed by atoms with Crippen molar-refractivity contribution in [3.8, 4) is 0 Å². The molecule has 106 valence electrons. The van der Waals surface area contributed by atoms with Gasteiger partial charge in [-0.3, -0.25) is 4.79 Å². The Labute approximate surface area is 127 Å². The van der Waals surface area contributed by atoms with Crippen LogP contribution in [0.3, 0.4) is 0 Å². The van der Waals surface area contributed by atoms with E-state index in [2.05, 4.69) is 5.32 Å². The molecule has 0 unspecified atom stereocenters. The van der Waals surface area contributed by atoms with Gasteiger partial charge in [-0.05, 0) is 17.2 Å². The molecule has 0 aliphatic heterocycles. The Kier molecular flexibility index (Phi) is 3.99. The molecule has 0 aliphatic carbocycles. The zero-order valence-electron chi connectivity index (χ0n) is 11.5. The molecule has 1 amide bonds. The number of hydrogen-bond donors (Lipinski definition) is 2. The third kappa shape index (κ3) is 2.96. The summed E-state index contributed by atoms with van der Waals surface area (Å²) in [5.41, 5.74) is 8.48. The second-order valence-electron chi connectivity index (χ2n) is 4.85. The number of fused-ring (bicyclic) bond motifs is 1. The van der Waals surface area contributed by atoms with Gasteiger partial charge in [-0.15, -0.1) is 11.3 Å². The summed E-state index contributed by atoms with van der Waals surface area (Å²) in [6.07, 6.45) is 0. The average molecular weight is 296 g/mol. The number of thiophene rings is 1. The number of nitrogens with one attached hydrogen (secondary N) is 1. The number of benzene rings is 2. The number of nitrogens with two attached hydrogens (primary N) is 1. The van der Waals surface area contributed by atoms with E-state index in [4.69, 9.17) is 5.73 Å². The largest absolute Gasteiger partial charge is 0.348 e. The summed E-state index contributed by atoms with van der Waals surface area (Å²) in [5, 5.41) is 5.89. The topological polar surface area (TPSA) is 55.1 Å². The predicted octanol–water partition coefficient (Wildman–Crippen LogP) is 3.29. The number of carbonyl (C=O) groups excluding carboxylic acids is 1. The third-order valence-electron chi connectivity index (χ3n) is 3.44. The summed E-state index contributed by atoms with van der Waals surface area (Å²) >= 11 is 1.59. The van der Waals surface area contributed by atoms with Crippen LogP contribution in [0.5, 0.6) is 0 Å². The second kappa shape index (κ2) is 6.08. The highest BCUT2D eigenvalue weighted by atomic mass is 32.1. The average Bonchev–Trinajstić information content (AvgIpc) is 2.97. The van der Waals surface area contributed by atoms with Gasteiger partial charge >= 0.3 is 0 Å². The van der Waals surface area contributed by atoms with Crippen molar-refractivity contribution < 1.29 is 4.79 Å². The molecule has 3 N–H and O–H groups in total. The monoisotopic (exact) mass is 296 g/mol. The molecule has 3 nitrogen and oxygen atoms in total. The van der Waals surface area contributed by atoms with Crippen molar-refractivity contribution in [2.75, 3.05) is 0 Å². The molecule has 3 aromatic rings. The summed E-state index contributed by atoms with van der Waals surface area (Å²) < 4.78 is 1.13. The lowest BCUT2D eigenvalue weighted by atomic mass is 10.1. The van der Waals surface area contributed by atoms with Crippen molar-refractivity contribution in [2.24, 2.45) is 5.73 Å². The molecule has 21 heavy (non-hydrogen) atoms. The molecule has 1 aromatic heterocycles. The second-order valence-corrected chi connectivity index (χ2v) is 5.76. The minimum absolute atomic E-state index is 0.0321. The maximum absolute atomic E-state index is 12.3. The normalized spacial score (nSPS) is 10.7. The third-order valence-corrected chi connectivity index (χ3v) is 4.40. The zero-order valence-corrected chi connectivity index (χ0v) is 12.3. The van der Waals surface area contributed by atoms with E-state index < -0.39 is 0 Å². The van der Waals surface area contributed by atoms with Gasteiger partial charge in [-0.1, -0.05) is 42.5 Å². The van der Waals surface area contributed by atoms with Crippen LogP contribution in [0.25, 0.3) is 10.1 Å². The van der Waals surface area contributed by atoms with E-state index in [1.807, 2.05) is 53.9 Å². The van der Waals surface area contributed by atoms with Gasteiger partial charge in [-0.2, -0.15) is 0 Å². The summed E-state index contributed by atoms with van der Waals surface area (Å²) in [6, 6.07) is 15.9. The SMILES string of the molecule is NCc1ccc(CNC(=O)c2csc3ccccc23)cc1. The molecule has 0 fully saturated rings. The summed E-state index contributed by atoms with van der Waals surface area (Å²) in [7, 11) is 0. The molecule has 4 heteroatoms. The molecule has 0 atom stereocenters. The van der Waals surface area contributed by atoms with Gasteiger partial charge in [0.1, 0.15) is 0 Å². The minimum Gasteiger partial charge on any atom is -0.348 e. The molecule has 0 radical (unpaired) electrons. The predicted molar refractivity (Wildman–Crippen MR) is 87.3 cm³/mol. The lowest BCUT2D eigenvalue weighted by molar-refractivity contribution is 0.0953. The van der Waals surface area contributed by atoms with Crippen LogP contribution in [-0.4, -0.2) is 5.91 Å². The van der Waals surface area contributed by atoms with Crippen LogP contribution in [0.1, 0.15) is 21.5 Å². The van der Waals surface area contributed by atoms with Crippen molar-refractivity contribution in [1.29, 1.82) is 0 Å². The van der Waals surface area contributed by atoms with Gasteiger partial charge in [-0.25, -0.2) is 0 Å². The fourth-order valence-electron chi connectivity index (χ4n) is 2.22. The molecule has 0 saturated carbocycles. The quantitative estimate of drug-likeness (QED) is 0.776. The molecule has 3 rings (SSSR count). The Bertz CT molecular complexity index is 762. The zero-order chi connectivity index (χ0) is 14.7. The van der Waals surface area contributed by atoms with Gasteiger partial charge < -0.3 is 11.1 Å². The highest BCUT2D eigenvalue weighted by Gasteiger charge is 2.11. The smallest absolute Gasteiger partial charge is 0.253 e. The molecular formula is C17H16N2OS. The van der Waals surface area contributed by atoms with Crippen molar-refractivity contribution in [3.63, 3.8) is 0 Å². The Balaban J connectivity index is 1.71. The lowest BCUT2D eigenvalue weighted by Crippen LogP contribution is -2.22. The Morgan fingerprint density at radius 1 is 1.05 bits per heavy atom. The van der Waals surface area contributed by atoms with Crippen molar-refractivity contribution in [1.82, 2.24) is 5.32 Å². The van der Waals surface area contributed by atoms with Gasteiger partial charge in [0, 0.05) is 28.6 Å². The van der Waals surface area contributed by atoms with Crippen molar-refractivity contribution in [3.05, 3.63) is 70.6 Å². The molecule has 2 aromatic carbocycles.